The molecule has 0 aromatic carbocycles. The van der Waals surface area contributed by atoms with Crippen LogP contribution >= 0.6 is 0 Å². The van der Waals surface area contributed by atoms with Gasteiger partial charge >= 0.3 is 0 Å². The van der Waals surface area contributed by atoms with E-state index in [1.54, 1.807) is 12.4 Å². The van der Waals surface area contributed by atoms with Gasteiger partial charge in [-0.3, -0.25) is 9.78 Å². The summed E-state index contributed by atoms with van der Waals surface area (Å²) in [5.41, 5.74) is 2.02. The maximum atomic E-state index is 12.6. The Hall–Kier alpha value is -2.50. The minimum absolute atomic E-state index is 0.111. The third-order valence-electron chi connectivity index (χ3n) is 5.95. The Morgan fingerprint density at radius 2 is 1.73 bits per heavy atom. The van der Waals surface area contributed by atoms with Crippen LogP contribution < -0.4 is 4.90 Å². The Labute approximate surface area is 154 Å². The topological polar surface area (TPSA) is 62.2 Å². The van der Waals surface area contributed by atoms with Crippen molar-refractivity contribution in [3.05, 3.63) is 47.9 Å². The summed E-state index contributed by atoms with van der Waals surface area (Å²) in [6, 6.07) is 7.76. The van der Waals surface area contributed by atoms with Crippen LogP contribution in [-0.2, 0) is 0 Å². The highest BCUT2D eigenvalue weighted by Gasteiger charge is 2.38. The third-order valence-corrected chi connectivity index (χ3v) is 5.95. The van der Waals surface area contributed by atoms with E-state index in [1.165, 1.54) is 0 Å². The van der Waals surface area contributed by atoms with Gasteiger partial charge in [0.25, 0.3) is 5.91 Å². The van der Waals surface area contributed by atoms with Crippen LogP contribution in [0.15, 0.2) is 36.7 Å². The largest absolute Gasteiger partial charge is 0.355 e. The number of piperidine rings is 2. The molecule has 2 saturated heterocycles. The summed E-state index contributed by atoms with van der Waals surface area (Å²) in [5, 5.41) is 8.50. The smallest absolute Gasteiger partial charge is 0.255 e. The Kier molecular flexibility index (Phi) is 4.57. The van der Waals surface area contributed by atoms with Gasteiger partial charge in [-0.25, -0.2) is 0 Å². The molecule has 0 aliphatic carbocycles. The molecule has 6 heteroatoms. The summed E-state index contributed by atoms with van der Waals surface area (Å²) in [6.45, 7) is 5.70. The fraction of sp³-hybridized carbons (Fsp3) is 0.500. The molecule has 0 bridgehead atoms. The van der Waals surface area contributed by atoms with Crippen molar-refractivity contribution >= 4 is 11.7 Å². The summed E-state index contributed by atoms with van der Waals surface area (Å²) in [6.07, 6.45) is 7.87. The van der Waals surface area contributed by atoms with Gasteiger partial charge in [0.15, 0.2) is 5.82 Å². The Bertz CT molecular complexity index is 744. The standard InChI is InChI=1S/C20H25N5O/c1-16-4-5-18(23-22-16)24-11-6-20(7-12-24)8-13-25(14-9-20)19(26)17-3-2-10-21-15-17/h2-5,10,15H,6-9,11-14H2,1H3. The molecule has 0 N–H and O–H groups in total. The van der Waals surface area contributed by atoms with E-state index in [0.717, 1.165) is 63.4 Å². The molecule has 6 nitrogen and oxygen atoms in total. The number of aryl methyl sites for hydroxylation is 1. The molecular weight excluding hydrogens is 326 g/mol. The molecule has 1 amide bonds. The maximum absolute atomic E-state index is 12.6. The van der Waals surface area contributed by atoms with E-state index in [1.807, 2.05) is 30.0 Å². The van der Waals surface area contributed by atoms with Crippen molar-refractivity contribution in [1.82, 2.24) is 20.1 Å². The second kappa shape index (κ2) is 7.02. The minimum atomic E-state index is 0.111. The zero-order chi connectivity index (χ0) is 18.0. The van der Waals surface area contributed by atoms with Crippen molar-refractivity contribution in [1.29, 1.82) is 0 Å². The van der Waals surface area contributed by atoms with Crippen molar-refractivity contribution in [3.63, 3.8) is 0 Å². The van der Waals surface area contributed by atoms with Gasteiger partial charge in [0, 0.05) is 38.6 Å². The molecule has 4 heterocycles. The van der Waals surface area contributed by atoms with Crippen molar-refractivity contribution in [3.8, 4) is 0 Å². The molecule has 2 aliphatic heterocycles. The van der Waals surface area contributed by atoms with Crippen LogP contribution in [-0.4, -0.2) is 52.2 Å². The summed E-state index contributed by atoms with van der Waals surface area (Å²) >= 11 is 0. The number of carbonyl (C=O) groups excluding carboxylic acids is 1. The first-order valence-electron chi connectivity index (χ1n) is 9.40. The Balaban J connectivity index is 1.33. The summed E-state index contributed by atoms with van der Waals surface area (Å²) < 4.78 is 0. The van der Waals surface area contributed by atoms with Gasteiger partial charge in [0.1, 0.15) is 0 Å². The highest BCUT2D eigenvalue weighted by molar-refractivity contribution is 5.93. The van der Waals surface area contributed by atoms with E-state index >= 15 is 0 Å². The molecule has 1 spiro atoms. The van der Waals surface area contributed by atoms with Crippen LogP contribution in [0.4, 0.5) is 5.82 Å². The average Bonchev–Trinajstić information content (AvgIpc) is 2.70. The number of rotatable bonds is 2. The molecule has 0 radical (unpaired) electrons. The van der Waals surface area contributed by atoms with Crippen LogP contribution in [0.5, 0.6) is 0 Å². The first-order chi connectivity index (χ1) is 12.7. The average molecular weight is 351 g/mol. The summed E-state index contributed by atoms with van der Waals surface area (Å²) in [5.74, 6) is 1.09. The van der Waals surface area contributed by atoms with Gasteiger partial charge in [-0.2, -0.15) is 5.10 Å². The zero-order valence-electron chi connectivity index (χ0n) is 15.3. The number of hydrogen-bond donors (Lipinski definition) is 0. The lowest BCUT2D eigenvalue weighted by atomic mass is 9.71. The fourth-order valence-electron chi connectivity index (χ4n) is 4.13. The number of carbonyl (C=O) groups is 1. The molecular formula is C20H25N5O. The molecule has 0 saturated carbocycles. The Morgan fingerprint density at radius 3 is 2.35 bits per heavy atom. The van der Waals surface area contributed by atoms with Gasteiger partial charge < -0.3 is 9.80 Å². The molecule has 0 unspecified atom stereocenters. The molecule has 2 aromatic rings. The van der Waals surface area contributed by atoms with Gasteiger partial charge in [-0.15, -0.1) is 5.10 Å². The molecule has 0 atom stereocenters. The molecule has 2 fully saturated rings. The van der Waals surface area contributed by atoms with E-state index in [-0.39, 0.29) is 5.91 Å². The second-order valence-electron chi connectivity index (χ2n) is 7.55. The first-order valence-corrected chi connectivity index (χ1v) is 9.40. The summed E-state index contributed by atoms with van der Waals surface area (Å²) in [4.78, 5) is 21.0. The van der Waals surface area contributed by atoms with Crippen LogP contribution in [0.1, 0.15) is 41.7 Å². The van der Waals surface area contributed by atoms with E-state index in [0.29, 0.717) is 11.0 Å². The molecule has 2 aromatic heterocycles. The van der Waals surface area contributed by atoms with Gasteiger partial charge in [0.05, 0.1) is 11.3 Å². The SMILES string of the molecule is Cc1ccc(N2CCC3(CCN(C(=O)c4cccnc4)CC3)CC2)nn1. The number of aromatic nitrogens is 3. The van der Waals surface area contributed by atoms with E-state index in [9.17, 15) is 4.79 Å². The zero-order valence-corrected chi connectivity index (χ0v) is 15.3. The lowest BCUT2D eigenvalue weighted by molar-refractivity contribution is 0.0514. The first kappa shape index (κ1) is 16.9. The lowest BCUT2D eigenvalue weighted by Crippen LogP contribution is -2.48. The van der Waals surface area contributed by atoms with Crippen molar-refractivity contribution in [2.24, 2.45) is 5.41 Å². The van der Waals surface area contributed by atoms with Crippen molar-refractivity contribution < 1.29 is 4.79 Å². The summed E-state index contributed by atoms with van der Waals surface area (Å²) in [7, 11) is 0. The molecule has 4 rings (SSSR count). The van der Waals surface area contributed by atoms with E-state index in [4.69, 9.17) is 0 Å². The number of nitrogens with zero attached hydrogens (tertiary/aromatic N) is 5. The highest BCUT2D eigenvalue weighted by atomic mass is 16.2. The van der Waals surface area contributed by atoms with Crippen LogP contribution in [0.2, 0.25) is 0 Å². The van der Waals surface area contributed by atoms with E-state index < -0.39 is 0 Å². The molecule has 26 heavy (non-hydrogen) atoms. The fourth-order valence-corrected chi connectivity index (χ4v) is 4.13. The van der Waals surface area contributed by atoms with Gasteiger partial charge in [0.2, 0.25) is 0 Å². The molecule has 136 valence electrons. The highest BCUT2D eigenvalue weighted by Crippen LogP contribution is 2.42. The molecule has 2 aliphatic rings. The number of anilines is 1. The van der Waals surface area contributed by atoms with Crippen LogP contribution in [0.3, 0.4) is 0 Å². The van der Waals surface area contributed by atoms with Gasteiger partial charge in [-0.05, 0) is 62.3 Å². The van der Waals surface area contributed by atoms with E-state index in [2.05, 4.69) is 26.1 Å². The predicted octanol–water partition coefficient (Wildman–Crippen LogP) is 2.70. The van der Waals surface area contributed by atoms with Crippen molar-refractivity contribution in [2.75, 3.05) is 31.1 Å². The lowest BCUT2D eigenvalue weighted by Gasteiger charge is -2.47. The number of pyridine rings is 1. The maximum Gasteiger partial charge on any atom is 0.255 e. The second-order valence-corrected chi connectivity index (χ2v) is 7.55. The number of hydrogen-bond acceptors (Lipinski definition) is 5. The monoisotopic (exact) mass is 351 g/mol. The Morgan fingerprint density at radius 1 is 1.00 bits per heavy atom. The number of likely N-dealkylation sites (tertiary alicyclic amines) is 1. The van der Waals surface area contributed by atoms with Crippen LogP contribution in [0, 0.1) is 12.3 Å². The minimum Gasteiger partial charge on any atom is -0.355 e. The number of amides is 1. The van der Waals surface area contributed by atoms with Crippen molar-refractivity contribution in [2.45, 2.75) is 32.6 Å². The van der Waals surface area contributed by atoms with Crippen LogP contribution in [0.25, 0.3) is 0 Å². The quantitative estimate of drug-likeness (QED) is 0.832. The normalized spacial score (nSPS) is 19.6. The predicted molar refractivity (Wildman–Crippen MR) is 100 cm³/mol. The third kappa shape index (κ3) is 3.41. The van der Waals surface area contributed by atoms with Gasteiger partial charge in [-0.1, -0.05) is 0 Å².